The van der Waals surface area contributed by atoms with Crippen molar-refractivity contribution in [3.8, 4) is 0 Å². The van der Waals surface area contributed by atoms with Gasteiger partial charge in [0.15, 0.2) is 15.6 Å². The van der Waals surface area contributed by atoms with Crippen LogP contribution in [0.15, 0.2) is 11.6 Å². The van der Waals surface area contributed by atoms with Crippen molar-refractivity contribution < 1.29 is 18.3 Å². The van der Waals surface area contributed by atoms with Crippen LogP contribution >= 0.6 is 0 Å². The van der Waals surface area contributed by atoms with Crippen LogP contribution in [0.1, 0.15) is 106 Å². The van der Waals surface area contributed by atoms with Crippen LogP contribution in [-0.4, -0.2) is 37.4 Å². The minimum atomic E-state index is -3.36. The van der Waals surface area contributed by atoms with Crippen molar-refractivity contribution in [1.29, 1.82) is 0 Å². The summed E-state index contributed by atoms with van der Waals surface area (Å²) in [6.45, 7) is 16.9. The molecule has 5 heteroatoms. The van der Waals surface area contributed by atoms with Crippen molar-refractivity contribution in [2.24, 2.45) is 56.7 Å². The van der Waals surface area contributed by atoms with E-state index in [1.807, 2.05) is 0 Å². The molecule has 0 aliphatic heterocycles. The summed E-state index contributed by atoms with van der Waals surface area (Å²) in [5.41, 5.74) is 1.28. The Bertz CT molecular complexity index is 1110. The molecule has 0 amide bonds. The molecule has 0 bridgehead atoms. The van der Waals surface area contributed by atoms with Crippen molar-refractivity contribution in [2.75, 3.05) is 12.0 Å². The normalized spacial score (nSPS) is 51.1. The maximum absolute atomic E-state index is 13.9. The second kappa shape index (κ2) is 8.41. The van der Waals surface area contributed by atoms with E-state index in [9.17, 15) is 18.3 Å². The fourth-order valence-electron chi connectivity index (χ4n) is 11.3. The number of Topliss-reactive ketones (excluding diaryl/α,β-unsaturated/α-hetero) is 1. The van der Waals surface area contributed by atoms with E-state index in [1.165, 1.54) is 18.2 Å². The molecule has 4 nitrogen and oxygen atoms in total. The maximum atomic E-state index is 13.9. The average molecular weight is 533 g/mol. The average Bonchev–Trinajstić information content (AvgIpc) is 2.78. The quantitative estimate of drug-likeness (QED) is 0.415. The van der Waals surface area contributed by atoms with E-state index in [2.05, 4.69) is 54.5 Å². The maximum Gasteiger partial charge on any atom is 0.154 e. The molecular weight excluding hydrogens is 480 g/mol. The van der Waals surface area contributed by atoms with Gasteiger partial charge in [-0.2, -0.15) is 0 Å². The van der Waals surface area contributed by atoms with Crippen LogP contribution in [0, 0.1) is 56.7 Å². The van der Waals surface area contributed by atoms with Crippen LogP contribution in [0.3, 0.4) is 0 Å². The summed E-state index contributed by atoms with van der Waals surface area (Å²) in [6.07, 6.45) is 12.5. The molecule has 4 saturated carbocycles. The number of rotatable bonds is 3. The molecule has 10 atom stereocenters. The third kappa shape index (κ3) is 3.67. The van der Waals surface area contributed by atoms with Crippen molar-refractivity contribution >= 4 is 15.6 Å². The molecular formula is C32H52O4S. The third-order valence-corrected chi connectivity index (χ3v) is 14.7. The summed E-state index contributed by atoms with van der Waals surface area (Å²) in [4.78, 5) is 13.9. The Hall–Kier alpha value is -0.680. The highest BCUT2D eigenvalue weighted by molar-refractivity contribution is 7.91. The molecule has 0 heterocycles. The van der Waals surface area contributed by atoms with Crippen LogP contribution in [0.5, 0.6) is 0 Å². The van der Waals surface area contributed by atoms with E-state index in [4.69, 9.17) is 0 Å². The lowest BCUT2D eigenvalue weighted by Gasteiger charge is -2.71. The van der Waals surface area contributed by atoms with E-state index in [0.29, 0.717) is 23.7 Å². The van der Waals surface area contributed by atoms with E-state index in [0.717, 1.165) is 51.4 Å². The number of hydrogen-bond donors (Lipinski definition) is 1. The van der Waals surface area contributed by atoms with Gasteiger partial charge in [0.2, 0.25) is 0 Å². The summed E-state index contributed by atoms with van der Waals surface area (Å²) >= 11 is 0. The van der Waals surface area contributed by atoms with Gasteiger partial charge in [0.05, 0.1) is 6.10 Å². The summed E-state index contributed by atoms with van der Waals surface area (Å²) in [5.74, 6) is 1.81. The van der Waals surface area contributed by atoms with E-state index in [-0.39, 0.29) is 45.2 Å². The number of allylic oxidation sites excluding steroid dienone is 2. The molecule has 1 unspecified atom stereocenters. The standard InChI is InChI=1S/C32H52O4S/c1-20-11-16-32(26(34)19-37(8,35)36)18-17-30(6)22(27(32)21(20)2)9-10-24-29(5)14-13-25(33)28(3,4)23(29)12-15-31(24,30)7/h9,20-21,23-25,27,33H,10-19H2,1-8H3/t20-,21+,23?,24-,25+,27+,29+,30-,31-,32-/m1/s1. The lowest BCUT2D eigenvalue weighted by Crippen LogP contribution is -2.65. The van der Waals surface area contributed by atoms with Gasteiger partial charge in [-0.15, -0.1) is 0 Å². The molecule has 0 aromatic heterocycles. The van der Waals surface area contributed by atoms with Gasteiger partial charge in [-0.3, -0.25) is 4.79 Å². The number of fused-ring (bicyclic) bond motifs is 7. The topological polar surface area (TPSA) is 71.4 Å². The first-order valence-electron chi connectivity index (χ1n) is 15.0. The molecule has 0 aromatic carbocycles. The molecule has 5 aliphatic rings. The second-order valence-electron chi connectivity index (χ2n) is 15.7. The molecule has 0 saturated heterocycles. The lowest BCUT2D eigenvalue weighted by molar-refractivity contribution is -0.204. The van der Waals surface area contributed by atoms with Crippen LogP contribution < -0.4 is 0 Å². The Morgan fingerprint density at radius 1 is 0.946 bits per heavy atom. The first kappa shape index (κ1) is 27.9. The zero-order valence-electron chi connectivity index (χ0n) is 24.7. The smallest absolute Gasteiger partial charge is 0.154 e. The Morgan fingerprint density at radius 2 is 1.62 bits per heavy atom. The summed E-state index contributed by atoms with van der Waals surface area (Å²) < 4.78 is 24.6. The lowest BCUT2D eigenvalue weighted by atomic mass is 9.33. The third-order valence-electron chi connectivity index (χ3n) is 13.9. The molecule has 37 heavy (non-hydrogen) atoms. The number of sulfone groups is 1. The molecule has 0 radical (unpaired) electrons. The fourth-order valence-corrected chi connectivity index (χ4v) is 12.1. The zero-order valence-corrected chi connectivity index (χ0v) is 25.5. The zero-order chi connectivity index (χ0) is 27.4. The number of aliphatic hydroxyl groups excluding tert-OH is 1. The highest BCUT2D eigenvalue weighted by Gasteiger charge is 2.69. The van der Waals surface area contributed by atoms with Gasteiger partial charge in [0.25, 0.3) is 0 Å². The Labute approximate surface area is 226 Å². The number of ketones is 1. The first-order valence-corrected chi connectivity index (χ1v) is 17.1. The summed E-state index contributed by atoms with van der Waals surface area (Å²) in [6, 6.07) is 0. The summed E-state index contributed by atoms with van der Waals surface area (Å²) in [5, 5.41) is 10.9. The number of aliphatic hydroxyl groups is 1. The van der Waals surface area contributed by atoms with Crippen molar-refractivity contribution in [1.82, 2.24) is 0 Å². The van der Waals surface area contributed by atoms with Gasteiger partial charge >= 0.3 is 0 Å². The van der Waals surface area contributed by atoms with Crippen LogP contribution in [0.4, 0.5) is 0 Å². The number of carbonyl (C=O) groups excluding carboxylic acids is 1. The van der Waals surface area contributed by atoms with Gasteiger partial charge in [-0.25, -0.2) is 8.42 Å². The van der Waals surface area contributed by atoms with Crippen molar-refractivity contribution in [3.05, 3.63) is 11.6 Å². The monoisotopic (exact) mass is 532 g/mol. The molecule has 5 rings (SSSR count). The van der Waals surface area contributed by atoms with Crippen LogP contribution in [-0.2, 0) is 14.6 Å². The van der Waals surface area contributed by atoms with Gasteiger partial charge < -0.3 is 5.11 Å². The highest BCUT2D eigenvalue weighted by Crippen LogP contribution is 2.75. The van der Waals surface area contributed by atoms with Crippen LogP contribution in [0.2, 0.25) is 0 Å². The molecule has 1 N–H and O–H groups in total. The molecule has 4 fully saturated rings. The van der Waals surface area contributed by atoms with Gasteiger partial charge in [-0.1, -0.05) is 60.1 Å². The molecule has 210 valence electrons. The largest absolute Gasteiger partial charge is 0.393 e. The Balaban J connectivity index is 1.60. The SMILES string of the molecule is C[C@H]1[C@H](C)CC[C@]2(C(=O)CS(C)(=O)=O)CC[C@]3(C)C(=CC[C@@H]4[C@@]5(C)CC[C@H](O)C(C)(C)C5CC[C@]43C)[C@H]12. The van der Waals surface area contributed by atoms with Gasteiger partial charge in [0.1, 0.15) is 5.75 Å². The Morgan fingerprint density at radius 3 is 2.27 bits per heavy atom. The fraction of sp³-hybridized carbons (Fsp3) is 0.906. The minimum Gasteiger partial charge on any atom is -0.393 e. The predicted octanol–water partition coefficient (Wildman–Crippen LogP) is 6.62. The van der Waals surface area contributed by atoms with Gasteiger partial charge in [0, 0.05) is 11.7 Å². The number of carbonyl (C=O) groups is 1. The molecule has 0 aromatic rings. The second-order valence-corrected chi connectivity index (χ2v) is 17.8. The number of hydrogen-bond acceptors (Lipinski definition) is 4. The van der Waals surface area contributed by atoms with E-state index >= 15 is 0 Å². The van der Waals surface area contributed by atoms with Gasteiger partial charge in [-0.05, 0) is 109 Å². The van der Waals surface area contributed by atoms with E-state index < -0.39 is 15.3 Å². The predicted molar refractivity (Wildman–Crippen MR) is 150 cm³/mol. The summed E-state index contributed by atoms with van der Waals surface area (Å²) in [7, 11) is -3.36. The van der Waals surface area contributed by atoms with Crippen molar-refractivity contribution in [2.45, 2.75) is 112 Å². The first-order chi connectivity index (χ1) is 16.9. The van der Waals surface area contributed by atoms with Crippen LogP contribution in [0.25, 0.3) is 0 Å². The minimum absolute atomic E-state index is 0.0207. The van der Waals surface area contributed by atoms with E-state index in [1.54, 1.807) is 0 Å². The Kier molecular flexibility index (Phi) is 6.34. The molecule has 5 aliphatic carbocycles. The highest BCUT2D eigenvalue weighted by atomic mass is 32.2. The molecule has 0 spiro atoms. The van der Waals surface area contributed by atoms with Crippen molar-refractivity contribution in [3.63, 3.8) is 0 Å².